The van der Waals surface area contributed by atoms with Gasteiger partial charge in [-0.2, -0.15) is 0 Å². The molecular weight excluding hydrogens is 244 g/mol. The lowest BCUT2D eigenvalue weighted by molar-refractivity contribution is 0.00487. The number of ether oxygens (including phenoxy) is 1. The van der Waals surface area contributed by atoms with Crippen LogP contribution in [0.1, 0.15) is 22.4 Å². The fourth-order valence-electron chi connectivity index (χ4n) is 1.94. The van der Waals surface area contributed by atoms with Crippen LogP contribution in [0.2, 0.25) is 0 Å². The third-order valence-corrected chi connectivity index (χ3v) is 4.02. The van der Waals surface area contributed by atoms with Gasteiger partial charge in [-0.25, -0.2) is 4.98 Å². The third kappa shape index (κ3) is 1.67. The van der Waals surface area contributed by atoms with Crippen molar-refractivity contribution in [2.24, 2.45) is 0 Å². The molecule has 2 aromatic heterocycles. The Hall–Kier alpha value is -0.840. The summed E-state index contributed by atoms with van der Waals surface area (Å²) in [5.74, 6) is 0.454. The molecule has 3 rings (SSSR count). The van der Waals surface area contributed by atoms with Crippen molar-refractivity contribution in [3.05, 3.63) is 40.1 Å². The largest absolute Gasteiger partial charge is 0.365 e. The summed E-state index contributed by atoms with van der Waals surface area (Å²) >= 11 is 7.54. The van der Waals surface area contributed by atoms with E-state index < -0.39 is 0 Å². The van der Waals surface area contributed by atoms with Crippen molar-refractivity contribution < 1.29 is 4.74 Å². The standard InChI is InChI=1S/C11H11ClN2OS/c12-4-8-9-6-15-10(5-14(9)7-13-8)11-2-1-3-16-11/h1-3,7,10H,4-6H2/t10-/m1/s1. The average Bonchev–Trinajstić information content (AvgIpc) is 2.97. The van der Waals surface area contributed by atoms with Crippen molar-refractivity contribution in [2.45, 2.75) is 25.1 Å². The van der Waals surface area contributed by atoms with E-state index in [0.717, 1.165) is 17.9 Å². The van der Waals surface area contributed by atoms with Crippen molar-refractivity contribution in [1.82, 2.24) is 9.55 Å². The topological polar surface area (TPSA) is 27.1 Å². The van der Waals surface area contributed by atoms with E-state index in [-0.39, 0.29) is 6.10 Å². The van der Waals surface area contributed by atoms with Gasteiger partial charge < -0.3 is 9.30 Å². The monoisotopic (exact) mass is 254 g/mol. The lowest BCUT2D eigenvalue weighted by Gasteiger charge is -2.24. The second-order valence-corrected chi connectivity index (χ2v) is 4.99. The average molecular weight is 255 g/mol. The number of hydrogen-bond donors (Lipinski definition) is 0. The zero-order chi connectivity index (χ0) is 11.0. The Morgan fingerprint density at radius 2 is 2.56 bits per heavy atom. The second-order valence-electron chi connectivity index (χ2n) is 3.74. The maximum Gasteiger partial charge on any atom is 0.110 e. The molecule has 1 aliphatic rings. The van der Waals surface area contributed by atoms with Gasteiger partial charge in [-0.3, -0.25) is 0 Å². The number of imidazole rings is 1. The number of alkyl halides is 1. The van der Waals surface area contributed by atoms with Gasteiger partial charge in [0.05, 0.1) is 36.7 Å². The molecule has 0 N–H and O–H groups in total. The first-order valence-electron chi connectivity index (χ1n) is 5.12. The van der Waals surface area contributed by atoms with E-state index in [1.54, 1.807) is 11.3 Å². The lowest BCUT2D eigenvalue weighted by Crippen LogP contribution is -2.20. The van der Waals surface area contributed by atoms with Crippen molar-refractivity contribution in [3.8, 4) is 0 Å². The third-order valence-electron chi connectivity index (χ3n) is 2.80. The van der Waals surface area contributed by atoms with Crippen LogP contribution in [0, 0.1) is 0 Å². The van der Waals surface area contributed by atoms with Gasteiger partial charge in [-0.05, 0) is 11.4 Å². The van der Waals surface area contributed by atoms with Crippen LogP contribution in [-0.4, -0.2) is 9.55 Å². The molecule has 0 radical (unpaired) electrons. The highest BCUT2D eigenvalue weighted by molar-refractivity contribution is 7.10. The molecule has 0 unspecified atom stereocenters. The fourth-order valence-corrected chi connectivity index (χ4v) is 2.93. The summed E-state index contributed by atoms with van der Waals surface area (Å²) in [7, 11) is 0. The summed E-state index contributed by atoms with van der Waals surface area (Å²) in [6.45, 7) is 1.43. The highest BCUT2D eigenvalue weighted by atomic mass is 35.5. The predicted molar refractivity (Wildman–Crippen MR) is 63.6 cm³/mol. The van der Waals surface area contributed by atoms with Crippen LogP contribution in [-0.2, 0) is 23.8 Å². The van der Waals surface area contributed by atoms with Gasteiger partial charge in [0.15, 0.2) is 0 Å². The lowest BCUT2D eigenvalue weighted by atomic mass is 10.2. The molecule has 1 atom stereocenters. The molecule has 0 aromatic carbocycles. The Bertz CT molecular complexity index is 480. The molecule has 0 amide bonds. The highest BCUT2D eigenvalue weighted by Crippen LogP contribution is 2.30. The molecular formula is C11H11ClN2OS. The molecule has 1 aliphatic heterocycles. The van der Waals surface area contributed by atoms with Crippen LogP contribution < -0.4 is 0 Å². The summed E-state index contributed by atoms with van der Waals surface area (Å²) in [6.07, 6.45) is 2.01. The number of fused-ring (bicyclic) bond motifs is 1. The van der Waals surface area contributed by atoms with Crippen LogP contribution >= 0.6 is 22.9 Å². The molecule has 16 heavy (non-hydrogen) atoms. The minimum absolute atomic E-state index is 0.157. The number of rotatable bonds is 2. The van der Waals surface area contributed by atoms with Gasteiger partial charge in [0.2, 0.25) is 0 Å². The quantitative estimate of drug-likeness (QED) is 0.771. The Balaban J connectivity index is 1.87. The van der Waals surface area contributed by atoms with Gasteiger partial charge in [-0.1, -0.05) is 6.07 Å². The maximum absolute atomic E-state index is 5.84. The normalized spacial score (nSPS) is 19.7. The van der Waals surface area contributed by atoms with Gasteiger partial charge in [-0.15, -0.1) is 22.9 Å². The molecule has 0 fully saturated rings. The molecule has 5 heteroatoms. The molecule has 3 nitrogen and oxygen atoms in total. The summed E-state index contributed by atoms with van der Waals surface area (Å²) in [5, 5.41) is 2.08. The van der Waals surface area contributed by atoms with Gasteiger partial charge in [0.25, 0.3) is 0 Å². The SMILES string of the molecule is ClCc1ncn2c1CO[C@@H](c1cccs1)C2. The number of nitrogens with zero attached hydrogens (tertiary/aromatic N) is 2. The van der Waals surface area contributed by atoms with Gasteiger partial charge in [0, 0.05) is 4.88 Å². The molecule has 0 saturated heterocycles. The summed E-state index contributed by atoms with van der Waals surface area (Å²) in [5.41, 5.74) is 2.05. The smallest absolute Gasteiger partial charge is 0.110 e. The number of halogens is 1. The Morgan fingerprint density at radius 3 is 3.31 bits per heavy atom. The van der Waals surface area contributed by atoms with Gasteiger partial charge in [0.1, 0.15) is 6.10 Å². The van der Waals surface area contributed by atoms with Crippen molar-refractivity contribution in [2.75, 3.05) is 0 Å². The zero-order valence-electron chi connectivity index (χ0n) is 8.60. The first-order valence-corrected chi connectivity index (χ1v) is 6.53. The molecule has 0 aliphatic carbocycles. The van der Waals surface area contributed by atoms with Crippen LogP contribution in [0.5, 0.6) is 0 Å². The van der Waals surface area contributed by atoms with E-state index in [2.05, 4.69) is 27.1 Å². The first-order chi connectivity index (χ1) is 7.88. The van der Waals surface area contributed by atoms with Crippen LogP contribution in [0.4, 0.5) is 0 Å². The van der Waals surface area contributed by atoms with Crippen LogP contribution in [0.15, 0.2) is 23.8 Å². The Labute approximate surface area is 103 Å². The van der Waals surface area contributed by atoms with Crippen LogP contribution in [0.25, 0.3) is 0 Å². The molecule has 84 valence electrons. The van der Waals surface area contributed by atoms with E-state index >= 15 is 0 Å². The minimum Gasteiger partial charge on any atom is -0.365 e. The number of aromatic nitrogens is 2. The Morgan fingerprint density at radius 1 is 1.62 bits per heavy atom. The molecule has 3 heterocycles. The minimum atomic E-state index is 0.157. The molecule has 2 aromatic rings. The summed E-state index contributed by atoms with van der Waals surface area (Å²) < 4.78 is 7.99. The summed E-state index contributed by atoms with van der Waals surface area (Å²) in [6, 6.07) is 4.16. The maximum atomic E-state index is 5.84. The van der Waals surface area contributed by atoms with E-state index in [1.807, 2.05) is 6.33 Å². The Kier molecular flexibility index (Phi) is 2.71. The fraction of sp³-hybridized carbons (Fsp3) is 0.364. The van der Waals surface area contributed by atoms with Crippen LogP contribution in [0.3, 0.4) is 0 Å². The van der Waals surface area contributed by atoms with E-state index in [0.29, 0.717) is 12.5 Å². The van der Waals surface area contributed by atoms with E-state index in [4.69, 9.17) is 16.3 Å². The van der Waals surface area contributed by atoms with Crippen molar-refractivity contribution in [1.29, 1.82) is 0 Å². The zero-order valence-corrected chi connectivity index (χ0v) is 10.2. The molecule has 0 bridgehead atoms. The molecule has 0 saturated carbocycles. The van der Waals surface area contributed by atoms with Crippen molar-refractivity contribution in [3.63, 3.8) is 0 Å². The van der Waals surface area contributed by atoms with Gasteiger partial charge >= 0.3 is 0 Å². The van der Waals surface area contributed by atoms with Crippen molar-refractivity contribution >= 4 is 22.9 Å². The first kappa shape index (κ1) is 10.3. The van der Waals surface area contributed by atoms with E-state index in [9.17, 15) is 0 Å². The molecule has 0 spiro atoms. The number of hydrogen-bond acceptors (Lipinski definition) is 3. The highest BCUT2D eigenvalue weighted by Gasteiger charge is 2.23. The number of thiophene rings is 1. The second kappa shape index (κ2) is 4.20. The summed E-state index contributed by atoms with van der Waals surface area (Å²) in [4.78, 5) is 5.56. The predicted octanol–water partition coefficient (Wildman–Crippen LogP) is 2.95. The van der Waals surface area contributed by atoms with E-state index in [1.165, 1.54) is 4.88 Å².